The number of carbonyl (C=O) groups is 1. The number of hydrazone groups is 1. The molecule has 4 aromatic rings. The van der Waals surface area contributed by atoms with Crippen molar-refractivity contribution in [1.82, 2.24) is 20.2 Å². The Kier molecular flexibility index (Phi) is 7.00. The first kappa shape index (κ1) is 24.5. The minimum Gasteiger partial charge on any atom is -0.508 e. The van der Waals surface area contributed by atoms with Crippen LogP contribution in [0.1, 0.15) is 38.8 Å². The lowest BCUT2D eigenvalue weighted by molar-refractivity contribution is 0.0714. The van der Waals surface area contributed by atoms with Gasteiger partial charge in [0.2, 0.25) is 0 Å². The summed E-state index contributed by atoms with van der Waals surface area (Å²) in [6.45, 7) is 5.18. The third-order valence-electron chi connectivity index (χ3n) is 7.08. The fourth-order valence-electron chi connectivity index (χ4n) is 5.04. The minimum absolute atomic E-state index is 0.158. The van der Waals surface area contributed by atoms with Crippen molar-refractivity contribution in [3.8, 4) is 16.2 Å². The van der Waals surface area contributed by atoms with Crippen molar-refractivity contribution in [1.29, 1.82) is 0 Å². The van der Waals surface area contributed by atoms with Crippen molar-refractivity contribution in [2.75, 3.05) is 26.2 Å². The van der Waals surface area contributed by atoms with Gasteiger partial charge in [0.05, 0.1) is 16.6 Å². The number of aromatic nitrogens is 1. The van der Waals surface area contributed by atoms with Crippen molar-refractivity contribution in [2.45, 2.75) is 19.0 Å². The fourth-order valence-corrected chi connectivity index (χ4v) is 5.98. The van der Waals surface area contributed by atoms with Crippen LogP contribution in [0.25, 0.3) is 10.4 Å². The van der Waals surface area contributed by atoms with Crippen LogP contribution in [-0.2, 0) is 6.54 Å². The minimum atomic E-state index is -0.395. The van der Waals surface area contributed by atoms with Crippen LogP contribution in [0.5, 0.6) is 5.75 Å². The number of aromatic hydroxyl groups is 1. The van der Waals surface area contributed by atoms with Crippen LogP contribution < -0.4 is 5.32 Å². The van der Waals surface area contributed by atoms with E-state index >= 15 is 0 Å². The largest absolute Gasteiger partial charge is 0.508 e. The van der Waals surface area contributed by atoms with Gasteiger partial charge in [-0.3, -0.25) is 14.7 Å². The Morgan fingerprint density at radius 3 is 2.55 bits per heavy atom. The number of rotatable bonds is 6. The molecule has 2 aliphatic heterocycles. The monoisotopic (exact) mass is 523 g/mol. The summed E-state index contributed by atoms with van der Waals surface area (Å²) in [5.74, 6) is -0.0190. The van der Waals surface area contributed by atoms with Gasteiger partial charge in [0.25, 0.3) is 5.91 Å². The molecule has 2 aromatic carbocycles. The average molecular weight is 524 g/mol. The van der Waals surface area contributed by atoms with Gasteiger partial charge in [0.15, 0.2) is 0 Å². The average Bonchev–Trinajstić information content (AvgIpc) is 3.63. The van der Waals surface area contributed by atoms with Gasteiger partial charge in [-0.1, -0.05) is 48.5 Å². The molecule has 38 heavy (non-hydrogen) atoms. The van der Waals surface area contributed by atoms with E-state index in [1.54, 1.807) is 24.5 Å². The first-order chi connectivity index (χ1) is 18.7. The number of nitrogens with zero attached hydrogens (tertiary/aromatic N) is 4. The van der Waals surface area contributed by atoms with Gasteiger partial charge in [-0.15, -0.1) is 11.3 Å². The van der Waals surface area contributed by atoms with Crippen molar-refractivity contribution in [3.63, 3.8) is 0 Å². The molecule has 0 spiro atoms. The maximum atomic E-state index is 13.8. The first-order valence-corrected chi connectivity index (χ1v) is 13.7. The van der Waals surface area contributed by atoms with E-state index in [4.69, 9.17) is 5.10 Å². The molecule has 192 valence electrons. The molecule has 0 aliphatic carbocycles. The number of nitrogens with one attached hydrogen (secondary N) is 1. The van der Waals surface area contributed by atoms with Gasteiger partial charge in [0.1, 0.15) is 5.75 Å². The van der Waals surface area contributed by atoms with E-state index in [2.05, 4.69) is 39.5 Å². The second-order valence-electron chi connectivity index (χ2n) is 9.60. The predicted octanol–water partition coefficient (Wildman–Crippen LogP) is 4.91. The van der Waals surface area contributed by atoms with E-state index in [1.165, 1.54) is 21.9 Å². The van der Waals surface area contributed by atoms with Crippen molar-refractivity contribution in [3.05, 3.63) is 107 Å². The third kappa shape index (κ3) is 5.11. The van der Waals surface area contributed by atoms with Crippen LogP contribution in [0, 0.1) is 0 Å². The Labute approximate surface area is 226 Å². The summed E-state index contributed by atoms with van der Waals surface area (Å²) in [6.07, 6.45) is 3.97. The Bertz CT molecular complexity index is 1450. The Morgan fingerprint density at radius 1 is 0.974 bits per heavy atom. The van der Waals surface area contributed by atoms with Crippen molar-refractivity contribution < 1.29 is 9.90 Å². The van der Waals surface area contributed by atoms with E-state index in [0.717, 1.165) is 54.4 Å². The Hall–Kier alpha value is -3.85. The molecule has 1 saturated heterocycles. The molecule has 0 bridgehead atoms. The standard InChI is InChI=1S/C30H29N5O2S/c36-27-6-2-1-5-24(27)26-18-25(23-4-3-13-32-19-23)33-35(26)30(37)29-12-11-28(38-29)22-9-7-21(8-10-22)20-34-16-14-31-15-17-34/h1-13,19,26,31,36H,14-18,20H2. The summed E-state index contributed by atoms with van der Waals surface area (Å²) in [5, 5.41) is 20.2. The smallest absolute Gasteiger partial charge is 0.284 e. The maximum Gasteiger partial charge on any atom is 0.284 e. The summed E-state index contributed by atoms with van der Waals surface area (Å²) in [7, 11) is 0. The number of hydrogen-bond donors (Lipinski definition) is 2. The van der Waals surface area contributed by atoms with Crippen LogP contribution in [0.3, 0.4) is 0 Å². The van der Waals surface area contributed by atoms with Gasteiger partial charge in [0, 0.05) is 67.5 Å². The predicted molar refractivity (Wildman–Crippen MR) is 150 cm³/mol. The number of thiophene rings is 1. The van der Waals surface area contributed by atoms with Crippen LogP contribution in [-0.4, -0.2) is 57.8 Å². The second kappa shape index (κ2) is 10.9. The summed E-state index contributed by atoms with van der Waals surface area (Å²) < 4.78 is 0. The molecule has 4 heterocycles. The summed E-state index contributed by atoms with van der Waals surface area (Å²) >= 11 is 1.47. The molecule has 0 saturated carbocycles. The van der Waals surface area contributed by atoms with E-state index < -0.39 is 6.04 Å². The Morgan fingerprint density at radius 2 is 1.79 bits per heavy atom. The van der Waals surface area contributed by atoms with Gasteiger partial charge >= 0.3 is 0 Å². The summed E-state index contributed by atoms with van der Waals surface area (Å²) in [4.78, 5) is 22.1. The molecule has 1 atom stereocenters. The lowest BCUT2D eigenvalue weighted by Crippen LogP contribution is -2.42. The van der Waals surface area contributed by atoms with Crippen molar-refractivity contribution >= 4 is 23.0 Å². The van der Waals surface area contributed by atoms with Gasteiger partial charge in [-0.05, 0) is 35.4 Å². The third-order valence-corrected chi connectivity index (χ3v) is 8.20. The van der Waals surface area contributed by atoms with Crippen LogP contribution >= 0.6 is 11.3 Å². The number of phenols is 1. The molecule has 1 fully saturated rings. The molecule has 2 aromatic heterocycles. The highest BCUT2D eigenvalue weighted by molar-refractivity contribution is 7.17. The number of phenolic OH excluding ortho intramolecular Hbond substituents is 1. The molecule has 1 amide bonds. The maximum absolute atomic E-state index is 13.8. The van der Waals surface area contributed by atoms with E-state index in [9.17, 15) is 9.90 Å². The van der Waals surface area contributed by atoms with Gasteiger partial charge in [-0.25, -0.2) is 5.01 Å². The number of benzene rings is 2. The van der Waals surface area contributed by atoms with Crippen LogP contribution in [0.2, 0.25) is 0 Å². The lowest BCUT2D eigenvalue weighted by Gasteiger charge is -2.27. The highest BCUT2D eigenvalue weighted by Gasteiger charge is 2.35. The number of para-hydroxylation sites is 1. The fraction of sp³-hybridized carbons (Fsp3) is 0.233. The zero-order valence-electron chi connectivity index (χ0n) is 21.0. The number of pyridine rings is 1. The van der Waals surface area contributed by atoms with E-state index in [-0.39, 0.29) is 11.7 Å². The molecule has 0 radical (unpaired) electrons. The summed E-state index contributed by atoms with van der Waals surface area (Å²) in [5.41, 5.74) is 4.72. The summed E-state index contributed by atoms with van der Waals surface area (Å²) in [6, 6.07) is 23.1. The van der Waals surface area contributed by atoms with Crippen LogP contribution in [0.4, 0.5) is 0 Å². The second-order valence-corrected chi connectivity index (χ2v) is 10.7. The number of piperazine rings is 1. The first-order valence-electron chi connectivity index (χ1n) is 12.9. The molecule has 8 heteroatoms. The van der Waals surface area contributed by atoms with Crippen molar-refractivity contribution in [2.24, 2.45) is 5.10 Å². The molecular weight excluding hydrogens is 494 g/mol. The van der Waals surface area contributed by atoms with E-state index in [1.807, 2.05) is 36.4 Å². The molecular formula is C30H29N5O2S. The quantitative estimate of drug-likeness (QED) is 0.375. The lowest BCUT2D eigenvalue weighted by atomic mass is 9.98. The molecule has 2 N–H and O–H groups in total. The SMILES string of the molecule is O=C(c1ccc(-c2ccc(CN3CCNCC3)cc2)s1)N1N=C(c2cccnc2)CC1c1ccccc1O. The number of carbonyl (C=O) groups excluding carboxylic acids is 1. The zero-order valence-corrected chi connectivity index (χ0v) is 21.8. The van der Waals surface area contributed by atoms with Gasteiger partial charge < -0.3 is 10.4 Å². The highest BCUT2D eigenvalue weighted by Crippen LogP contribution is 2.39. The number of hydrogen-bond acceptors (Lipinski definition) is 7. The van der Waals surface area contributed by atoms with Gasteiger partial charge in [-0.2, -0.15) is 5.10 Å². The Balaban J connectivity index is 1.24. The molecule has 1 unspecified atom stereocenters. The topological polar surface area (TPSA) is 81.1 Å². The molecule has 2 aliphatic rings. The molecule has 7 nitrogen and oxygen atoms in total. The highest BCUT2D eigenvalue weighted by atomic mass is 32.1. The molecule has 6 rings (SSSR count). The van der Waals surface area contributed by atoms with E-state index in [0.29, 0.717) is 16.9 Å². The zero-order chi connectivity index (χ0) is 25.9. The van der Waals surface area contributed by atoms with Crippen LogP contribution in [0.15, 0.2) is 90.3 Å². The number of amides is 1. The normalized spacial score (nSPS) is 17.9.